The second-order valence-corrected chi connectivity index (χ2v) is 7.53. The Bertz CT molecular complexity index is 896. The van der Waals surface area contributed by atoms with Crippen LogP contribution in [-0.2, 0) is 15.8 Å². The van der Waals surface area contributed by atoms with Crippen LogP contribution in [0.25, 0.3) is 0 Å². The predicted octanol–water partition coefficient (Wildman–Crippen LogP) is 3.24. The molecule has 1 aliphatic rings. The van der Waals surface area contributed by atoms with Crippen molar-refractivity contribution in [3.63, 3.8) is 0 Å². The molecule has 0 bridgehead atoms. The molecule has 2 amide bonds. The normalized spacial score (nSPS) is 14.9. The second-order valence-electron chi connectivity index (χ2n) is 7.09. The molecule has 0 aromatic heterocycles. The van der Waals surface area contributed by atoms with Gasteiger partial charge in [0.2, 0.25) is 0 Å². The van der Waals surface area contributed by atoms with Crippen molar-refractivity contribution in [1.82, 2.24) is 10.2 Å². The van der Waals surface area contributed by atoms with Crippen molar-refractivity contribution in [3.8, 4) is 0 Å². The number of nitrogens with one attached hydrogen (secondary N) is 2. The number of hydrogen-bond acceptors (Lipinski definition) is 4. The minimum absolute atomic E-state index is 0.117. The van der Waals surface area contributed by atoms with Crippen LogP contribution in [0, 0.1) is 0 Å². The van der Waals surface area contributed by atoms with Crippen LogP contribution in [0.4, 0.5) is 24.5 Å². The maximum atomic E-state index is 12.6. The molecular weight excluding hydrogens is 433 g/mol. The van der Waals surface area contributed by atoms with E-state index in [2.05, 4.69) is 20.4 Å². The minimum atomic E-state index is -4.46. The number of rotatable bonds is 5. The third-order valence-corrected chi connectivity index (χ3v) is 5.21. The molecule has 1 heterocycles. The molecule has 0 unspecified atom stereocenters. The predicted molar refractivity (Wildman–Crippen MR) is 113 cm³/mol. The Balaban J connectivity index is 1.37. The molecule has 1 saturated heterocycles. The second kappa shape index (κ2) is 10.0. The van der Waals surface area contributed by atoms with Gasteiger partial charge < -0.3 is 15.5 Å². The third-order valence-electron chi connectivity index (χ3n) is 4.95. The lowest BCUT2D eigenvalue weighted by atomic mass is 10.2. The summed E-state index contributed by atoms with van der Waals surface area (Å²) in [5, 5.41) is 5.52. The molecule has 1 fully saturated rings. The summed E-state index contributed by atoms with van der Waals surface area (Å²) in [4.78, 5) is 28.3. The van der Waals surface area contributed by atoms with Crippen LogP contribution in [0.3, 0.4) is 0 Å². The van der Waals surface area contributed by atoms with Crippen LogP contribution in [0.2, 0.25) is 5.02 Å². The molecule has 166 valence electrons. The number of carbonyl (C=O) groups is 2. The lowest BCUT2D eigenvalue weighted by Gasteiger charge is -2.36. The maximum absolute atomic E-state index is 12.6. The molecule has 31 heavy (non-hydrogen) atoms. The summed E-state index contributed by atoms with van der Waals surface area (Å²) in [6.07, 6.45) is -4.46. The standard InChI is InChI=1S/C21H22ClF3N4O2/c22-16-3-7-18(8-4-16)29-13-11-28(12-14-29)10-9-26-19(30)20(31)27-17-5-1-15(2-6-17)21(23,24)25/h1-8H,9-14H2,(H,26,30)(H,27,31). The van der Waals surface area contributed by atoms with Gasteiger partial charge in [-0.15, -0.1) is 0 Å². The Morgan fingerprint density at radius 1 is 0.903 bits per heavy atom. The number of amides is 2. The topological polar surface area (TPSA) is 64.7 Å². The number of alkyl halides is 3. The van der Waals surface area contributed by atoms with Crippen molar-refractivity contribution < 1.29 is 22.8 Å². The highest BCUT2D eigenvalue weighted by Crippen LogP contribution is 2.29. The summed E-state index contributed by atoms with van der Waals surface area (Å²) in [6.45, 7) is 4.19. The van der Waals surface area contributed by atoms with Gasteiger partial charge >= 0.3 is 18.0 Å². The van der Waals surface area contributed by atoms with E-state index < -0.39 is 23.6 Å². The Morgan fingerprint density at radius 2 is 1.52 bits per heavy atom. The first-order valence-electron chi connectivity index (χ1n) is 9.72. The zero-order chi connectivity index (χ0) is 22.4. The van der Waals surface area contributed by atoms with Crippen molar-refractivity contribution in [1.29, 1.82) is 0 Å². The fourth-order valence-electron chi connectivity index (χ4n) is 3.22. The zero-order valence-corrected chi connectivity index (χ0v) is 17.3. The van der Waals surface area contributed by atoms with E-state index in [9.17, 15) is 22.8 Å². The Hall–Kier alpha value is -2.78. The molecule has 2 aromatic carbocycles. The van der Waals surface area contributed by atoms with Gasteiger partial charge in [-0.25, -0.2) is 0 Å². The molecule has 2 N–H and O–H groups in total. The molecule has 10 heteroatoms. The molecule has 0 aliphatic carbocycles. The highest BCUT2D eigenvalue weighted by Gasteiger charge is 2.30. The zero-order valence-electron chi connectivity index (χ0n) is 16.6. The molecule has 0 radical (unpaired) electrons. The molecule has 0 saturated carbocycles. The molecule has 3 rings (SSSR count). The lowest BCUT2D eigenvalue weighted by Crippen LogP contribution is -2.49. The number of benzene rings is 2. The van der Waals surface area contributed by atoms with Crippen molar-refractivity contribution in [2.24, 2.45) is 0 Å². The lowest BCUT2D eigenvalue weighted by molar-refractivity contribution is -0.137. The van der Waals surface area contributed by atoms with E-state index in [1.165, 1.54) is 0 Å². The van der Waals surface area contributed by atoms with Gasteiger partial charge in [-0.1, -0.05) is 11.6 Å². The summed E-state index contributed by atoms with van der Waals surface area (Å²) in [5.74, 6) is -1.76. The first kappa shape index (κ1) is 22.9. The average molecular weight is 455 g/mol. The maximum Gasteiger partial charge on any atom is 0.416 e. The molecule has 1 aliphatic heterocycles. The number of halogens is 4. The van der Waals surface area contributed by atoms with E-state index >= 15 is 0 Å². The van der Waals surface area contributed by atoms with Gasteiger partial charge in [0.05, 0.1) is 5.56 Å². The largest absolute Gasteiger partial charge is 0.416 e. The average Bonchev–Trinajstić information content (AvgIpc) is 2.74. The van der Waals surface area contributed by atoms with Crippen molar-refractivity contribution in [2.45, 2.75) is 6.18 Å². The third kappa shape index (κ3) is 6.60. The van der Waals surface area contributed by atoms with Crippen molar-refractivity contribution in [3.05, 3.63) is 59.1 Å². The minimum Gasteiger partial charge on any atom is -0.369 e. The molecule has 2 aromatic rings. The summed E-state index contributed by atoms with van der Waals surface area (Å²) in [6, 6.07) is 11.6. The smallest absolute Gasteiger partial charge is 0.369 e. The van der Waals surface area contributed by atoms with Crippen LogP contribution in [0.1, 0.15) is 5.56 Å². The van der Waals surface area contributed by atoms with E-state index in [0.29, 0.717) is 18.1 Å². The number of carbonyl (C=O) groups excluding carboxylic acids is 2. The van der Waals surface area contributed by atoms with Gasteiger partial charge in [-0.3, -0.25) is 14.5 Å². The molecule has 0 spiro atoms. The summed E-state index contributed by atoms with van der Waals surface area (Å²) < 4.78 is 37.7. The fourth-order valence-corrected chi connectivity index (χ4v) is 3.35. The van der Waals surface area contributed by atoms with Gasteiger partial charge in [-0.05, 0) is 48.5 Å². The van der Waals surface area contributed by atoms with E-state index in [0.717, 1.165) is 56.1 Å². The van der Waals surface area contributed by atoms with Gasteiger partial charge in [0, 0.05) is 55.7 Å². The SMILES string of the molecule is O=C(NCCN1CCN(c2ccc(Cl)cc2)CC1)C(=O)Nc1ccc(C(F)(F)F)cc1. The summed E-state index contributed by atoms with van der Waals surface area (Å²) in [5.41, 5.74) is 0.398. The molecular formula is C21H22ClF3N4O2. The molecule has 0 atom stereocenters. The quantitative estimate of drug-likeness (QED) is 0.681. The van der Waals surface area contributed by atoms with Gasteiger partial charge in [0.15, 0.2) is 0 Å². The molecule has 6 nitrogen and oxygen atoms in total. The number of hydrogen-bond donors (Lipinski definition) is 2. The van der Waals surface area contributed by atoms with E-state index in [4.69, 9.17) is 11.6 Å². The summed E-state index contributed by atoms with van der Waals surface area (Å²) in [7, 11) is 0. The van der Waals surface area contributed by atoms with E-state index in [-0.39, 0.29) is 5.69 Å². The van der Waals surface area contributed by atoms with Crippen molar-refractivity contribution in [2.75, 3.05) is 49.5 Å². The van der Waals surface area contributed by atoms with Crippen LogP contribution in [0.5, 0.6) is 0 Å². The number of nitrogens with zero attached hydrogens (tertiary/aromatic N) is 2. The Labute approximate surface area is 183 Å². The highest BCUT2D eigenvalue weighted by atomic mass is 35.5. The van der Waals surface area contributed by atoms with Crippen LogP contribution >= 0.6 is 11.6 Å². The Kier molecular flexibility index (Phi) is 7.40. The Morgan fingerprint density at radius 3 is 2.10 bits per heavy atom. The van der Waals surface area contributed by atoms with Crippen LogP contribution in [-0.4, -0.2) is 56.0 Å². The van der Waals surface area contributed by atoms with Crippen LogP contribution < -0.4 is 15.5 Å². The highest BCUT2D eigenvalue weighted by molar-refractivity contribution is 6.39. The van der Waals surface area contributed by atoms with Gasteiger partial charge in [0.25, 0.3) is 0 Å². The van der Waals surface area contributed by atoms with Gasteiger partial charge in [0.1, 0.15) is 0 Å². The van der Waals surface area contributed by atoms with Crippen molar-refractivity contribution >= 4 is 34.8 Å². The fraction of sp³-hybridized carbons (Fsp3) is 0.333. The summed E-state index contributed by atoms with van der Waals surface area (Å²) >= 11 is 5.92. The first-order valence-corrected chi connectivity index (χ1v) is 10.1. The monoisotopic (exact) mass is 454 g/mol. The first-order chi connectivity index (χ1) is 14.7. The van der Waals surface area contributed by atoms with Gasteiger partial charge in [-0.2, -0.15) is 13.2 Å². The van der Waals surface area contributed by atoms with E-state index in [1.54, 1.807) is 0 Å². The number of piperazine rings is 1. The van der Waals surface area contributed by atoms with Crippen LogP contribution in [0.15, 0.2) is 48.5 Å². The van der Waals surface area contributed by atoms with E-state index in [1.807, 2.05) is 24.3 Å². The number of anilines is 2.